The lowest BCUT2D eigenvalue weighted by Crippen LogP contribution is -1.86. The Morgan fingerprint density at radius 1 is 1.21 bits per heavy atom. The van der Waals surface area contributed by atoms with Crippen molar-refractivity contribution in [2.75, 3.05) is 0 Å². The van der Waals surface area contributed by atoms with Gasteiger partial charge in [-0.15, -0.1) is 0 Å². The molecule has 0 unspecified atom stereocenters. The van der Waals surface area contributed by atoms with Crippen molar-refractivity contribution < 1.29 is 4.11 Å². The van der Waals surface area contributed by atoms with Gasteiger partial charge < -0.3 is 0 Å². The second kappa shape index (κ2) is 3.62. The van der Waals surface area contributed by atoms with Gasteiger partial charge in [-0.05, 0) is 37.5 Å². The van der Waals surface area contributed by atoms with Gasteiger partial charge in [0.25, 0.3) is 0 Å². The second-order valence-electron chi connectivity index (χ2n) is 3.24. The average Bonchev–Trinajstić information content (AvgIpc) is 2.29. The zero-order chi connectivity index (χ0) is 12.5. The number of aryl methyl sites for hydroxylation is 2. The molecule has 2 aromatic rings. The molecule has 1 aromatic carbocycles. The van der Waals surface area contributed by atoms with Crippen molar-refractivity contribution in [2.45, 2.75) is 13.8 Å². The van der Waals surface area contributed by atoms with Crippen LogP contribution in [-0.4, -0.2) is 4.98 Å². The van der Waals surface area contributed by atoms with E-state index in [0.717, 1.165) is 16.8 Å². The Hall–Kier alpha value is -1.63. The molecule has 2 rings (SSSR count). The molecule has 0 saturated heterocycles. The van der Waals surface area contributed by atoms with Crippen LogP contribution in [-0.2, 0) is 0 Å². The second-order valence-corrected chi connectivity index (χ2v) is 3.24. The van der Waals surface area contributed by atoms with Crippen LogP contribution in [0.4, 0.5) is 0 Å². The quantitative estimate of drug-likeness (QED) is 0.665. The Labute approximate surface area is 88.7 Å². The van der Waals surface area contributed by atoms with Gasteiger partial charge >= 0.3 is 0 Å². The van der Waals surface area contributed by atoms with Gasteiger partial charge in [0, 0.05) is 15.9 Å². The lowest BCUT2D eigenvalue weighted by molar-refractivity contribution is 1.29. The predicted molar refractivity (Wildman–Crippen MR) is 59.1 cm³/mol. The molecule has 0 amide bonds. The molecule has 1 heteroatoms. The topological polar surface area (TPSA) is 12.9 Å². The number of rotatable bonds is 1. The van der Waals surface area contributed by atoms with E-state index in [9.17, 15) is 0 Å². The summed E-state index contributed by atoms with van der Waals surface area (Å²) in [5, 5.41) is 0. The van der Waals surface area contributed by atoms with Crippen LogP contribution in [0.2, 0.25) is 0 Å². The molecule has 1 aromatic heterocycles. The Kier molecular flexibility index (Phi) is 1.54. The summed E-state index contributed by atoms with van der Waals surface area (Å²) in [6.07, 6.45) is 1.71. The maximum Gasteiger partial charge on any atom is 0.0704 e. The number of benzene rings is 1. The highest BCUT2D eigenvalue weighted by atomic mass is 14.7. The molecule has 1 nitrogen and oxygen atoms in total. The molecule has 0 radical (unpaired) electrons. The van der Waals surface area contributed by atoms with Gasteiger partial charge in [-0.25, -0.2) is 0 Å². The smallest absolute Gasteiger partial charge is 0.0704 e. The Bertz CT molecular complexity index is 518. The van der Waals surface area contributed by atoms with Crippen LogP contribution in [0, 0.1) is 13.8 Å². The van der Waals surface area contributed by atoms with Crippen molar-refractivity contribution in [3.63, 3.8) is 0 Å². The van der Waals surface area contributed by atoms with E-state index in [2.05, 4.69) is 4.98 Å². The normalized spacial score (nSPS) is 14.2. The van der Waals surface area contributed by atoms with Crippen molar-refractivity contribution in [1.82, 2.24) is 4.98 Å². The maximum absolute atomic E-state index is 7.42. The fourth-order valence-corrected chi connectivity index (χ4v) is 1.42. The molecular formula is C13H13N. The summed E-state index contributed by atoms with van der Waals surface area (Å²) in [5.74, 6) is 0. The van der Waals surface area contributed by atoms with Crippen molar-refractivity contribution in [3.05, 3.63) is 53.7 Å². The zero-order valence-corrected chi connectivity index (χ0v) is 7.99. The van der Waals surface area contributed by atoms with Crippen molar-refractivity contribution in [2.24, 2.45) is 0 Å². The van der Waals surface area contributed by atoms with E-state index in [4.69, 9.17) is 4.11 Å². The molecule has 0 fully saturated rings. The first-order valence-corrected chi connectivity index (χ1v) is 4.51. The SMILES string of the molecule is [2H]C([2H])([2H])c1ccc(C)c(-c2ccccn2)c1. The molecule has 0 atom stereocenters. The monoisotopic (exact) mass is 186 g/mol. The lowest BCUT2D eigenvalue weighted by atomic mass is 10.0. The van der Waals surface area contributed by atoms with Crippen LogP contribution >= 0.6 is 0 Å². The summed E-state index contributed by atoms with van der Waals surface area (Å²) < 4.78 is 22.2. The fourth-order valence-electron chi connectivity index (χ4n) is 1.42. The molecule has 1 heterocycles. The van der Waals surface area contributed by atoms with E-state index >= 15 is 0 Å². The summed E-state index contributed by atoms with van der Waals surface area (Å²) in [6.45, 7) is -0.120. The van der Waals surface area contributed by atoms with E-state index in [1.807, 2.05) is 31.2 Å². The summed E-state index contributed by atoms with van der Waals surface area (Å²) >= 11 is 0. The van der Waals surface area contributed by atoms with Gasteiger partial charge in [-0.3, -0.25) is 4.98 Å². The van der Waals surface area contributed by atoms with Crippen LogP contribution < -0.4 is 0 Å². The first kappa shape index (κ1) is 5.97. The van der Waals surface area contributed by atoms with E-state index < -0.39 is 6.85 Å². The highest BCUT2D eigenvalue weighted by Crippen LogP contribution is 2.21. The number of hydrogen-bond acceptors (Lipinski definition) is 1. The number of aromatic nitrogens is 1. The summed E-state index contributed by atoms with van der Waals surface area (Å²) in [6, 6.07) is 10.8. The standard InChI is InChI=1S/C13H13N/c1-10-6-7-11(2)12(9-10)13-5-3-4-8-14-13/h3-9H,1-2H3/i1D3. The summed E-state index contributed by atoms with van der Waals surface area (Å²) in [5.41, 5.74) is 3.05. The number of pyridine rings is 1. The van der Waals surface area contributed by atoms with Crippen molar-refractivity contribution in [3.8, 4) is 11.3 Å². The third kappa shape index (κ3) is 1.67. The van der Waals surface area contributed by atoms with Crippen LogP contribution in [0.15, 0.2) is 42.6 Å². The third-order valence-corrected chi connectivity index (χ3v) is 2.18. The lowest BCUT2D eigenvalue weighted by Gasteiger charge is -2.05. The summed E-state index contributed by atoms with van der Waals surface area (Å²) in [7, 11) is 0. The molecule has 70 valence electrons. The highest BCUT2D eigenvalue weighted by Gasteiger charge is 2.01. The minimum Gasteiger partial charge on any atom is -0.256 e. The predicted octanol–water partition coefficient (Wildman–Crippen LogP) is 3.37. The molecule has 0 aliphatic heterocycles. The highest BCUT2D eigenvalue weighted by molar-refractivity contribution is 5.63. The molecule has 0 N–H and O–H groups in total. The number of nitrogens with zero attached hydrogens (tertiary/aromatic N) is 1. The van der Waals surface area contributed by atoms with E-state index in [-0.39, 0.29) is 0 Å². The Morgan fingerprint density at radius 2 is 2.14 bits per heavy atom. The largest absolute Gasteiger partial charge is 0.256 e. The molecule has 0 aliphatic rings. The van der Waals surface area contributed by atoms with Gasteiger partial charge in [0.15, 0.2) is 0 Å². The average molecular weight is 186 g/mol. The Morgan fingerprint density at radius 3 is 2.86 bits per heavy atom. The summed E-state index contributed by atoms with van der Waals surface area (Å²) in [4.78, 5) is 4.25. The van der Waals surface area contributed by atoms with Crippen LogP contribution in [0.1, 0.15) is 15.2 Å². The molecule has 0 saturated carbocycles. The zero-order valence-electron chi connectivity index (χ0n) is 11.0. The molecule has 0 spiro atoms. The number of hydrogen-bond donors (Lipinski definition) is 0. The van der Waals surface area contributed by atoms with Gasteiger partial charge in [-0.1, -0.05) is 23.8 Å². The van der Waals surface area contributed by atoms with Crippen LogP contribution in [0.5, 0.6) is 0 Å². The third-order valence-electron chi connectivity index (χ3n) is 2.18. The van der Waals surface area contributed by atoms with E-state index in [0.29, 0.717) is 5.56 Å². The Balaban J connectivity index is 2.55. The van der Waals surface area contributed by atoms with Crippen molar-refractivity contribution >= 4 is 0 Å². The first-order valence-electron chi connectivity index (χ1n) is 6.01. The maximum atomic E-state index is 7.42. The van der Waals surface area contributed by atoms with E-state index in [1.54, 1.807) is 18.3 Å². The minimum atomic E-state index is -2.07. The van der Waals surface area contributed by atoms with Gasteiger partial charge in [0.05, 0.1) is 5.69 Å². The van der Waals surface area contributed by atoms with Gasteiger partial charge in [0.1, 0.15) is 0 Å². The van der Waals surface area contributed by atoms with Gasteiger partial charge in [-0.2, -0.15) is 0 Å². The molecule has 14 heavy (non-hydrogen) atoms. The fraction of sp³-hybridized carbons (Fsp3) is 0.154. The molecule has 0 aliphatic carbocycles. The molecule has 0 bridgehead atoms. The minimum absolute atomic E-state index is 0.351. The van der Waals surface area contributed by atoms with E-state index in [1.165, 1.54) is 0 Å². The van der Waals surface area contributed by atoms with Crippen LogP contribution in [0.25, 0.3) is 11.3 Å². The van der Waals surface area contributed by atoms with Crippen molar-refractivity contribution in [1.29, 1.82) is 0 Å². The van der Waals surface area contributed by atoms with Crippen LogP contribution in [0.3, 0.4) is 0 Å². The van der Waals surface area contributed by atoms with Gasteiger partial charge in [0.2, 0.25) is 0 Å². The molecular weight excluding hydrogens is 170 g/mol. The first-order chi connectivity index (χ1) is 7.98.